The fourth-order valence-corrected chi connectivity index (χ4v) is 3.27. The monoisotopic (exact) mass is 341 g/mol. The lowest BCUT2D eigenvalue weighted by Crippen LogP contribution is -2.32. The third kappa shape index (κ3) is 4.13. The van der Waals surface area contributed by atoms with Crippen molar-refractivity contribution in [2.45, 2.75) is 32.2 Å². The van der Waals surface area contributed by atoms with E-state index < -0.39 is 0 Å². The van der Waals surface area contributed by atoms with E-state index in [2.05, 4.69) is 21.4 Å². The van der Waals surface area contributed by atoms with Crippen LogP contribution in [0.15, 0.2) is 30.6 Å². The summed E-state index contributed by atoms with van der Waals surface area (Å²) in [6.45, 7) is 3.55. The van der Waals surface area contributed by atoms with Crippen molar-refractivity contribution in [1.82, 2.24) is 14.9 Å². The summed E-state index contributed by atoms with van der Waals surface area (Å²) in [5.41, 5.74) is 2.77. The molecular formula is C19H27N5O. The Hall–Kier alpha value is -2.50. The zero-order chi connectivity index (χ0) is 17.8. The number of rotatable bonds is 4. The van der Waals surface area contributed by atoms with Crippen LogP contribution < -0.4 is 10.2 Å². The highest BCUT2D eigenvalue weighted by atomic mass is 16.2. The van der Waals surface area contributed by atoms with Crippen molar-refractivity contribution in [3.8, 4) is 0 Å². The Kier molecular flexibility index (Phi) is 5.26. The van der Waals surface area contributed by atoms with Crippen LogP contribution in [-0.4, -0.2) is 54.0 Å². The van der Waals surface area contributed by atoms with Gasteiger partial charge in [0.2, 0.25) is 0 Å². The lowest BCUT2D eigenvalue weighted by atomic mass is 10.1. The normalized spacial score (nSPS) is 17.9. The topological polar surface area (TPSA) is 64.3 Å². The smallest absolute Gasteiger partial charge is 0.255 e. The maximum absolute atomic E-state index is 12.7. The van der Waals surface area contributed by atoms with E-state index in [4.69, 9.17) is 0 Å². The fourth-order valence-electron chi connectivity index (χ4n) is 3.27. The third-order valence-corrected chi connectivity index (χ3v) is 4.78. The highest BCUT2D eigenvalue weighted by Crippen LogP contribution is 2.20. The van der Waals surface area contributed by atoms with Crippen molar-refractivity contribution in [2.24, 2.45) is 0 Å². The lowest BCUT2D eigenvalue weighted by molar-refractivity contribution is 0.0761. The second kappa shape index (κ2) is 7.59. The Bertz CT molecular complexity index is 707. The van der Waals surface area contributed by atoms with Gasteiger partial charge in [0, 0.05) is 45.1 Å². The minimum Gasteiger partial charge on any atom is -0.381 e. The van der Waals surface area contributed by atoms with Crippen molar-refractivity contribution in [3.05, 3.63) is 41.9 Å². The number of nitrogens with zero attached hydrogens (tertiary/aromatic N) is 3. The van der Waals surface area contributed by atoms with Gasteiger partial charge in [0.15, 0.2) is 0 Å². The Labute approximate surface area is 149 Å². The van der Waals surface area contributed by atoms with Gasteiger partial charge in [-0.25, -0.2) is 4.98 Å². The largest absolute Gasteiger partial charge is 0.381 e. The molecule has 25 heavy (non-hydrogen) atoms. The summed E-state index contributed by atoms with van der Waals surface area (Å²) >= 11 is 0. The molecule has 134 valence electrons. The first-order chi connectivity index (χ1) is 12.0. The molecule has 0 unspecified atom stereocenters. The summed E-state index contributed by atoms with van der Waals surface area (Å²) in [5.74, 6) is 1.08. The Balaban J connectivity index is 1.58. The van der Waals surface area contributed by atoms with Crippen LogP contribution in [0.25, 0.3) is 0 Å². The quantitative estimate of drug-likeness (QED) is 0.897. The minimum absolute atomic E-state index is 0.136. The van der Waals surface area contributed by atoms with Crippen molar-refractivity contribution < 1.29 is 4.79 Å². The van der Waals surface area contributed by atoms with Gasteiger partial charge in [0.05, 0.1) is 17.4 Å². The highest BCUT2D eigenvalue weighted by Gasteiger charge is 2.22. The summed E-state index contributed by atoms with van der Waals surface area (Å²) in [7, 11) is 3.97. The number of carbonyl (C=O) groups is 1. The number of likely N-dealkylation sites (tertiary alicyclic amines) is 1. The number of hydrogen-bond donors (Lipinski definition) is 2. The standard InChI is InChI=1S/C19H27N5O/c1-14-17(8-10-20-14)19(25)24-11-4-5-15(9-12-24)22-16-6-7-18(21-13-16)23(2)3/h6-8,10,13,15,20,22H,4-5,9,11-12H2,1-3H3/t15-/m0/s1. The van der Waals surface area contributed by atoms with E-state index in [0.717, 1.165) is 55.1 Å². The molecule has 2 aromatic rings. The molecule has 3 rings (SSSR count). The molecule has 1 aliphatic heterocycles. The number of H-pyrrole nitrogens is 1. The van der Waals surface area contributed by atoms with Gasteiger partial charge in [-0.1, -0.05) is 0 Å². The number of aromatic nitrogens is 2. The predicted molar refractivity (Wildman–Crippen MR) is 101 cm³/mol. The van der Waals surface area contributed by atoms with Crippen molar-refractivity contribution in [2.75, 3.05) is 37.4 Å². The molecule has 1 amide bonds. The molecule has 1 aliphatic rings. The molecule has 1 fully saturated rings. The zero-order valence-electron chi connectivity index (χ0n) is 15.2. The molecule has 1 saturated heterocycles. The van der Waals surface area contributed by atoms with Crippen LogP contribution in [0.3, 0.4) is 0 Å². The predicted octanol–water partition coefficient (Wildman–Crippen LogP) is 2.89. The van der Waals surface area contributed by atoms with E-state index in [1.54, 1.807) is 0 Å². The first-order valence-corrected chi connectivity index (χ1v) is 8.88. The maximum atomic E-state index is 12.7. The van der Waals surface area contributed by atoms with Crippen molar-refractivity contribution >= 4 is 17.4 Å². The van der Waals surface area contributed by atoms with Crippen LogP contribution in [-0.2, 0) is 0 Å². The first-order valence-electron chi connectivity index (χ1n) is 8.88. The van der Waals surface area contributed by atoms with Gasteiger partial charge < -0.3 is 20.1 Å². The van der Waals surface area contributed by atoms with E-state index in [1.807, 2.05) is 55.3 Å². The van der Waals surface area contributed by atoms with E-state index in [-0.39, 0.29) is 5.91 Å². The first kappa shape index (κ1) is 17.3. The van der Waals surface area contributed by atoms with Gasteiger partial charge in [-0.3, -0.25) is 4.79 Å². The molecule has 0 spiro atoms. The summed E-state index contributed by atoms with van der Waals surface area (Å²) in [6.07, 6.45) is 6.73. The SMILES string of the molecule is Cc1[nH]ccc1C(=O)N1CCC[C@H](Nc2ccc(N(C)C)nc2)CC1. The second-order valence-corrected chi connectivity index (χ2v) is 6.88. The van der Waals surface area contributed by atoms with Gasteiger partial charge in [0.1, 0.15) is 5.82 Å². The summed E-state index contributed by atoms with van der Waals surface area (Å²) in [5, 5.41) is 3.57. The number of hydrogen-bond acceptors (Lipinski definition) is 4. The van der Waals surface area contributed by atoms with Crippen LogP contribution in [0.1, 0.15) is 35.3 Å². The number of aromatic amines is 1. The lowest BCUT2D eigenvalue weighted by Gasteiger charge is -2.21. The molecule has 6 heteroatoms. The maximum Gasteiger partial charge on any atom is 0.255 e. The van der Waals surface area contributed by atoms with Gasteiger partial charge >= 0.3 is 0 Å². The molecule has 2 aromatic heterocycles. The molecule has 0 saturated carbocycles. The van der Waals surface area contributed by atoms with E-state index in [0.29, 0.717) is 6.04 Å². The second-order valence-electron chi connectivity index (χ2n) is 6.88. The molecule has 0 aromatic carbocycles. The molecule has 0 bridgehead atoms. The Morgan fingerprint density at radius 3 is 2.76 bits per heavy atom. The fraction of sp³-hybridized carbons (Fsp3) is 0.474. The molecule has 3 heterocycles. The van der Waals surface area contributed by atoms with Crippen LogP contribution in [0.2, 0.25) is 0 Å². The average Bonchev–Trinajstić information content (AvgIpc) is 2.89. The summed E-state index contributed by atoms with van der Waals surface area (Å²) in [6, 6.07) is 6.33. The minimum atomic E-state index is 0.136. The Morgan fingerprint density at radius 1 is 1.28 bits per heavy atom. The van der Waals surface area contributed by atoms with Gasteiger partial charge in [-0.15, -0.1) is 0 Å². The molecule has 1 atom stereocenters. The highest BCUT2D eigenvalue weighted by molar-refractivity contribution is 5.95. The number of amides is 1. The van der Waals surface area contributed by atoms with E-state index in [1.165, 1.54) is 0 Å². The van der Waals surface area contributed by atoms with E-state index in [9.17, 15) is 4.79 Å². The van der Waals surface area contributed by atoms with Crippen LogP contribution >= 0.6 is 0 Å². The van der Waals surface area contributed by atoms with Crippen LogP contribution in [0.5, 0.6) is 0 Å². The summed E-state index contributed by atoms with van der Waals surface area (Å²) in [4.78, 5) is 24.2. The number of nitrogens with one attached hydrogen (secondary N) is 2. The molecule has 0 aliphatic carbocycles. The van der Waals surface area contributed by atoms with Gasteiger partial charge in [0.25, 0.3) is 5.91 Å². The third-order valence-electron chi connectivity index (χ3n) is 4.78. The number of aryl methyl sites for hydroxylation is 1. The van der Waals surface area contributed by atoms with Gasteiger partial charge in [-0.2, -0.15) is 0 Å². The number of anilines is 2. The molecular weight excluding hydrogens is 314 g/mol. The molecule has 2 N–H and O–H groups in total. The van der Waals surface area contributed by atoms with Crippen molar-refractivity contribution in [3.63, 3.8) is 0 Å². The molecule has 0 radical (unpaired) electrons. The van der Waals surface area contributed by atoms with Crippen LogP contribution in [0.4, 0.5) is 11.5 Å². The van der Waals surface area contributed by atoms with Gasteiger partial charge in [-0.05, 0) is 44.4 Å². The van der Waals surface area contributed by atoms with Crippen LogP contribution in [0, 0.1) is 6.92 Å². The number of carbonyl (C=O) groups excluding carboxylic acids is 1. The average molecular weight is 341 g/mol. The Morgan fingerprint density at radius 2 is 2.12 bits per heavy atom. The number of pyridine rings is 1. The molecule has 6 nitrogen and oxygen atoms in total. The van der Waals surface area contributed by atoms with E-state index >= 15 is 0 Å². The summed E-state index contributed by atoms with van der Waals surface area (Å²) < 4.78 is 0. The van der Waals surface area contributed by atoms with Crippen molar-refractivity contribution in [1.29, 1.82) is 0 Å². The zero-order valence-corrected chi connectivity index (χ0v) is 15.2.